The first-order chi connectivity index (χ1) is 6.11. The molecular formula is C8H16N2O2S. The third kappa shape index (κ3) is 1.87. The molecular weight excluding hydrogens is 188 g/mol. The van der Waals surface area contributed by atoms with E-state index < -0.39 is 9.84 Å². The average molecular weight is 204 g/mol. The minimum Gasteiger partial charge on any atom is -0.330 e. The van der Waals surface area contributed by atoms with E-state index in [9.17, 15) is 8.42 Å². The van der Waals surface area contributed by atoms with Gasteiger partial charge in [0.05, 0.1) is 11.5 Å². The zero-order chi connectivity index (χ0) is 9.47. The standard InChI is InChI=1S/C8H16N2O2S/c9-2-1-7-3-10(4-7)8-5-13(11,12)6-8/h7-8H,1-6,9H2. The molecule has 0 unspecified atom stereocenters. The van der Waals surface area contributed by atoms with Gasteiger partial charge in [-0.25, -0.2) is 8.42 Å². The van der Waals surface area contributed by atoms with Gasteiger partial charge < -0.3 is 5.73 Å². The lowest BCUT2D eigenvalue weighted by atomic mass is 9.95. The van der Waals surface area contributed by atoms with E-state index in [0.29, 0.717) is 23.5 Å². The maximum atomic E-state index is 10.9. The van der Waals surface area contributed by atoms with Crippen LogP contribution in [-0.4, -0.2) is 50.5 Å². The summed E-state index contributed by atoms with van der Waals surface area (Å²) in [4.78, 5) is 2.27. The summed E-state index contributed by atoms with van der Waals surface area (Å²) < 4.78 is 21.8. The molecule has 2 heterocycles. The molecule has 0 aromatic heterocycles. The largest absolute Gasteiger partial charge is 0.330 e. The predicted molar refractivity (Wildman–Crippen MR) is 51.2 cm³/mol. The van der Waals surface area contributed by atoms with Crippen LogP contribution in [-0.2, 0) is 9.84 Å². The van der Waals surface area contributed by atoms with Crippen molar-refractivity contribution in [3.8, 4) is 0 Å². The van der Waals surface area contributed by atoms with E-state index in [2.05, 4.69) is 4.90 Å². The molecule has 0 aliphatic carbocycles. The first-order valence-corrected chi connectivity index (χ1v) is 6.57. The lowest BCUT2D eigenvalue weighted by Crippen LogP contribution is -2.61. The number of rotatable bonds is 3. The highest BCUT2D eigenvalue weighted by atomic mass is 32.2. The molecule has 4 nitrogen and oxygen atoms in total. The summed E-state index contributed by atoms with van der Waals surface area (Å²) in [6.07, 6.45) is 1.08. The van der Waals surface area contributed by atoms with E-state index in [4.69, 9.17) is 5.73 Å². The number of nitrogens with zero attached hydrogens (tertiary/aromatic N) is 1. The fourth-order valence-corrected chi connectivity index (χ4v) is 3.57. The van der Waals surface area contributed by atoms with Crippen LogP contribution in [0.4, 0.5) is 0 Å². The normalized spacial score (nSPS) is 29.6. The molecule has 0 atom stereocenters. The first-order valence-electron chi connectivity index (χ1n) is 4.75. The molecule has 0 spiro atoms. The minimum atomic E-state index is -2.65. The molecule has 5 heteroatoms. The van der Waals surface area contributed by atoms with Gasteiger partial charge in [0.1, 0.15) is 0 Å². The van der Waals surface area contributed by atoms with Crippen molar-refractivity contribution in [3.05, 3.63) is 0 Å². The van der Waals surface area contributed by atoms with Crippen LogP contribution in [0.5, 0.6) is 0 Å². The molecule has 0 amide bonds. The lowest BCUT2D eigenvalue weighted by molar-refractivity contribution is 0.0610. The van der Waals surface area contributed by atoms with Crippen LogP contribution in [0.15, 0.2) is 0 Å². The van der Waals surface area contributed by atoms with E-state index in [1.54, 1.807) is 0 Å². The molecule has 0 bridgehead atoms. The molecule has 0 saturated carbocycles. The lowest BCUT2D eigenvalue weighted by Gasteiger charge is -2.47. The van der Waals surface area contributed by atoms with Gasteiger partial charge in [0.2, 0.25) is 0 Å². The molecule has 0 aromatic rings. The second-order valence-electron chi connectivity index (χ2n) is 4.13. The second-order valence-corrected chi connectivity index (χ2v) is 6.28. The van der Waals surface area contributed by atoms with Crippen molar-refractivity contribution in [1.29, 1.82) is 0 Å². The third-order valence-corrected chi connectivity index (χ3v) is 4.75. The van der Waals surface area contributed by atoms with Crippen molar-refractivity contribution in [3.63, 3.8) is 0 Å². The summed E-state index contributed by atoms with van der Waals surface area (Å²) in [6, 6.07) is 0.319. The van der Waals surface area contributed by atoms with E-state index in [1.807, 2.05) is 0 Å². The quantitative estimate of drug-likeness (QED) is 0.645. The van der Waals surface area contributed by atoms with Crippen molar-refractivity contribution in [2.75, 3.05) is 31.1 Å². The predicted octanol–water partition coefficient (Wildman–Crippen LogP) is -0.936. The zero-order valence-corrected chi connectivity index (χ0v) is 8.46. The number of hydrogen-bond donors (Lipinski definition) is 1. The molecule has 2 aliphatic rings. The summed E-state index contributed by atoms with van der Waals surface area (Å²) >= 11 is 0. The van der Waals surface area contributed by atoms with Gasteiger partial charge in [0, 0.05) is 19.1 Å². The van der Waals surface area contributed by atoms with E-state index in [1.165, 1.54) is 0 Å². The van der Waals surface area contributed by atoms with Gasteiger partial charge in [-0.05, 0) is 18.9 Å². The molecule has 2 N–H and O–H groups in total. The average Bonchev–Trinajstić information content (AvgIpc) is 1.91. The third-order valence-electron chi connectivity index (χ3n) is 2.97. The van der Waals surface area contributed by atoms with Crippen molar-refractivity contribution in [2.45, 2.75) is 12.5 Å². The van der Waals surface area contributed by atoms with Crippen LogP contribution in [0.1, 0.15) is 6.42 Å². The number of hydrogen-bond acceptors (Lipinski definition) is 4. The molecule has 13 heavy (non-hydrogen) atoms. The van der Waals surface area contributed by atoms with Crippen LogP contribution in [0.2, 0.25) is 0 Å². The first kappa shape index (κ1) is 9.43. The van der Waals surface area contributed by atoms with Gasteiger partial charge in [-0.1, -0.05) is 0 Å². The van der Waals surface area contributed by atoms with Crippen LogP contribution in [0, 0.1) is 5.92 Å². The summed E-state index contributed by atoms with van der Waals surface area (Å²) in [7, 11) is -2.65. The smallest absolute Gasteiger partial charge is 0.153 e. The Morgan fingerprint density at radius 1 is 1.31 bits per heavy atom. The van der Waals surface area contributed by atoms with Gasteiger partial charge in [-0.15, -0.1) is 0 Å². The summed E-state index contributed by atoms with van der Waals surface area (Å²) in [5.41, 5.74) is 5.44. The number of sulfone groups is 1. The van der Waals surface area contributed by atoms with Crippen LogP contribution in [0.25, 0.3) is 0 Å². The highest BCUT2D eigenvalue weighted by Gasteiger charge is 2.42. The fourth-order valence-electron chi connectivity index (χ4n) is 2.07. The summed E-state index contributed by atoms with van der Waals surface area (Å²) in [5.74, 6) is 1.47. The van der Waals surface area contributed by atoms with Crippen molar-refractivity contribution < 1.29 is 8.42 Å². The van der Waals surface area contributed by atoms with E-state index in [-0.39, 0.29) is 0 Å². The maximum absolute atomic E-state index is 10.9. The van der Waals surface area contributed by atoms with Gasteiger partial charge in [-0.2, -0.15) is 0 Å². The molecule has 2 fully saturated rings. The Labute approximate surface area is 79.0 Å². The maximum Gasteiger partial charge on any atom is 0.153 e. The van der Waals surface area contributed by atoms with Crippen molar-refractivity contribution in [1.82, 2.24) is 4.90 Å². The van der Waals surface area contributed by atoms with Gasteiger partial charge >= 0.3 is 0 Å². The monoisotopic (exact) mass is 204 g/mol. The minimum absolute atomic E-state index is 0.319. The van der Waals surface area contributed by atoms with Crippen molar-refractivity contribution >= 4 is 9.84 Å². The topological polar surface area (TPSA) is 63.4 Å². The molecule has 76 valence electrons. The Kier molecular flexibility index (Phi) is 2.33. The van der Waals surface area contributed by atoms with Crippen molar-refractivity contribution in [2.24, 2.45) is 11.7 Å². The Morgan fingerprint density at radius 3 is 2.38 bits per heavy atom. The Bertz CT molecular complexity index is 271. The summed E-state index contributed by atoms with van der Waals surface area (Å²) in [6.45, 7) is 2.86. The van der Waals surface area contributed by atoms with Gasteiger partial charge in [-0.3, -0.25) is 4.90 Å². The molecule has 2 saturated heterocycles. The highest BCUT2D eigenvalue weighted by molar-refractivity contribution is 7.92. The van der Waals surface area contributed by atoms with Crippen LogP contribution in [0.3, 0.4) is 0 Å². The van der Waals surface area contributed by atoms with E-state index >= 15 is 0 Å². The zero-order valence-electron chi connectivity index (χ0n) is 7.65. The Hall–Kier alpha value is -0.130. The second kappa shape index (κ2) is 3.22. The van der Waals surface area contributed by atoms with Crippen LogP contribution >= 0.6 is 0 Å². The number of likely N-dealkylation sites (tertiary alicyclic amines) is 1. The number of nitrogens with two attached hydrogens (primary N) is 1. The van der Waals surface area contributed by atoms with E-state index in [0.717, 1.165) is 26.1 Å². The molecule has 2 aliphatic heterocycles. The van der Waals surface area contributed by atoms with Crippen LogP contribution < -0.4 is 5.73 Å². The SMILES string of the molecule is NCCC1CN(C2CS(=O)(=O)C2)C1. The fraction of sp³-hybridized carbons (Fsp3) is 1.00. The van der Waals surface area contributed by atoms with Gasteiger partial charge in [0.15, 0.2) is 9.84 Å². The highest BCUT2D eigenvalue weighted by Crippen LogP contribution is 2.26. The molecule has 0 aromatic carbocycles. The van der Waals surface area contributed by atoms with Gasteiger partial charge in [0.25, 0.3) is 0 Å². The Balaban J connectivity index is 1.71. The molecule has 0 radical (unpaired) electrons. The summed E-state index contributed by atoms with van der Waals surface area (Å²) in [5, 5.41) is 0. The molecule has 2 rings (SSSR count). The Morgan fingerprint density at radius 2 is 1.92 bits per heavy atom.